The summed E-state index contributed by atoms with van der Waals surface area (Å²) in [6, 6.07) is 9.91. The van der Waals surface area contributed by atoms with E-state index in [2.05, 4.69) is 34.5 Å². The summed E-state index contributed by atoms with van der Waals surface area (Å²) in [4.78, 5) is 2.41. The number of rotatable bonds is 6. The number of ether oxygens (including phenoxy) is 1. The topological polar surface area (TPSA) is 24.5 Å². The lowest BCUT2D eigenvalue weighted by molar-refractivity contribution is 0.122. The van der Waals surface area contributed by atoms with Gasteiger partial charge in [0.2, 0.25) is 0 Å². The summed E-state index contributed by atoms with van der Waals surface area (Å²) in [7, 11) is 0. The molecule has 114 valence electrons. The highest BCUT2D eigenvalue weighted by molar-refractivity contribution is 5.47. The van der Waals surface area contributed by atoms with E-state index in [1.54, 1.807) is 0 Å². The molecule has 1 saturated heterocycles. The molecule has 1 aliphatic heterocycles. The lowest BCUT2D eigenvalue weighted by atomic mass is 10.1. The summed E-state index contributed by atoms with van der Waals surface area (Å²) in [6.07, 6.45) is 5.79. The highest BCUT2D eigenvalue weighted by Crippen LogP contribution is 2.44. The van der Waals surface area contributed by atoms with Crippen molar-refractivity contribution in [1.29, 1.82) is 0 Å². The van der Waals surface area contributed by atoms with Gasteiger partial charge >= 0.3 is 0 Å². The third-order valence-corrected chi connectivity index (χ3v) is 5.11. The Bertz CT molecular complexity index is 447. The molecule has 2 aliphatic carbocycles. The Morgan fingerprint density at radius 3 is 2.19 bits per heavy atom. The van der Waals surface area contributed by atoms with Gasteiger partial charge < -0.3 is 15.0 Å². The van der Waals surface area contributed by atoms with E-state index in [0.717, 1.165) is 50.7 Å². The third kappa shape index (κ3) is 3.41. The quantitative estimate of drug-likeness (QED) is 0.870. The third-order valence-electron chi connectivity index (χ3n) is 5.11. The van der Waals surface area contributed by atoms with Crippen LogP contribution in [0.5, 0.6) is 0 Å². The predicted octanol–water partition coefficient (Wildman–Crippen LogP) is 2.80. The van der Waals surface area contributed by atoms with Gasteiger partial charge in [-0.1, -0.05) is 12.1 Å². The minimum absolute atomic E-state index is 0.795. The normalized spacial score (nSPS) is 22.8. The van der Waals surface area contributed by atoms with Gasteiger partial charge in [-0.05, 0) is 55.2 Å². The van der Waals surface area contributed by atoms with Crippen molar-refractivity contribution < 1.29 is 4.74 Å². The summed E-state index contributed by atoms with van der Waals surface area (Å²) < 4.78 is 5.41. The maximum absolute atomic E-state index is 5.41. The fourth-order valence-corrected chi connectivity index (χ4v) is 3.51. The van der Waals surface area contributed by atoms with Crippen molar-refractivity contribution in [2.45, 2.75) is 38.3 Å². The molecule has 1 aromatic carbocycles. The van der Waals surface area contributed by atoms with Gasteiger partial charge in [-0.2, -0.15) is 0 Å². The Morgan fingerprint density at radius 2 is 1.62 bits per heavy atom. The fraction of sp³-hybridized carbons (Fsp3) is 0.667. The number of hydrogen-bond donors (Lipinski definition) is 1. The Morgan fingerprint density at radius 1 is 1.00 bits per heavy atom. The fourth-order valence-electron chi connectivity index (χ4n) is 3.51. The molecule has 4 rings (SSSR count). The summed E-state index contributed by atoms with van der Waals surface area (Å²) in [5.74, 6) is 1.95. The Balaban J connectivity index is 1.32. The molecule has 0 radical (unpaired) electrons. The molecule has 1 aromatic rings. The molecule has 3 aliphatic rings. The molecule has 3 nitrogen and oxygen atoms in total. The van der Waals surface area contributed by atoms with Gasteiger partial charge in [0.15, 0.2) is 0 Å². The largest absolute Gasteiger partial charge is 0.378 e. The molecule has 3 fully saturated rings. The second-order valence-electron chi connectivity index (χ2n) is 6.85. The average molecular weight is 286 g/mol. The Kier molecular flexibility index (Phi) is 3.87. The summed E-state index contributed by atoms with van der Waals surface area (Å²) in [5.41, 5.74) is 2.75. The maximum atomic E-state index is 5.41. The number of anilines is 1. The number of nitrogens with one attached hydrogen (secondary N) is 1. The van der Waals surface area contributed by atoms with E-state index >= 15 is 0 Å². The highest BCUT2D eigenvalue weighted by atomic mass is 16.5. The van der Waals surface area contributed by atoms with E-state index < -0.39 is 0 Å². The van der Waals surface area contributed by atoms with E-state index in [1.165, 1.54) is 36.9 Å². The lowest BCUT2D eigenvalue weighted by Gasteiger charge is -2.29. The molecule has 0 aromatic heterocycles. The van der Waals surface area contributed by atoms with Crippen LogP contribution in [0.15, 0.2) is 24.3 Å². The van der Waals surface area contributed by atoms with Crippen LogP contribution in [0.25, 0.3) is 0 Å². The Labute approximate surface area is 127 Å². The van der Waals surface area contributed by atoms with Gasteiger partial charge in [-0.25, -0.2) is 0 Å². The molecule has 1 N–H and O–H groups in total. The highest BCUT2D eigenvalue weighted by Gasteiger charge is 2.40. The minimum atomic E-state index is 0.795. The summed E-state index contributed by atoms with van der Waals surface area (Å²) >= 11 is 0. The molecule has 2 saturated carbocycles. The standard InChI is InChI=1S/C18H26N2O/c1-7-17(20-9-11-21-12-10-20)8-2-14(1)13-19-18(15-3-4-15)16-5-6-16/h1-2,7-8,15-16,18-19H,3-6,9-13H2. The first kappa shape index (κ1) is 13.6. The number of hydrogen-bond acceptors (Lipinski definition) is 3. The molecule has 0 amide bonds. The van der Waals surface area contributed by atoms with Crippen LogP contribution in [0.3, 0.4) is 0 Å². The van der Waals surface area contributed by atoms with Crippen molar-refractivity contribution in [3.8, 4) is 0 Å². The smallest absolute Gasteiger partial charge is 0.0642 e. The summed E-state index contributed by atoms with van der Waals surface area (Å²) in [5, 5.41) is 3.83. The molecule has 21 heavy (non-hydrogen) atoms. The second kappa shape index (κ2) is 5.98. The molecule has 0 bridgehead atoms. The van der Waals surface area contributed by atoms with Crippen LogP contribution < -0.4 is 10.2 Å². The van der Waals surface area contributed by atoms with Crippen molar-refractivity contribution in [3.63, 3.8) is 0 Å². The molecule has 0 atom stereocenters. The van der Waals surface area contributed by atoms with Gasteiger partial charge in [0, 0.05) is 31.4 Å². The monoisotopic (exact) mass is 286 g/mol. The van der Waals surface area contributed by atoms with Crippen molar-refractivity contribution in [2.75, 3.05) is 31.2 Å². The van der Waals surface area contributed by atoms with E-state index in [4.69, 9.17) is 4.74 Å². The van der Waals surface area contributed by atoms with Crippen LogP contribution in [0, 0.1) is 11.8 Å². The van der Waals surface area contributed by atoms with Crippen LogP contribution in [0.4, 0.5) is 5.69 Å². The number of nitrogens with zero attached hydrogens (tertiary/aromatic N) is 1. The van der Waals surface area contributed by atoms with Gasteiger partial charge in [-0.3, -0.25) is 0 Å². The molecule has 1 heterocycles. The maximum Gasteiger partial charge on any atom is 0.0642 e. The van der Waals surface area contributed by atoms with Gasteiger partial charge in [0.05, 0.1) is 13.2 Å². The van der Waals surface area contributed by atoms with Gasteiger partial charge in [0.25, 0.3) is 0 Å². The van der Waals surface area contributed by atoms with Crippen LogP contribution in [-0.4, -0.2) is 32.3 Å². The molecular weight excluding hydrogens is 260 g/mol. The predicted molar refractivity (Wildman–Crippen MR) is 85.5 cm³/mol. The first-order valence-corrected chi connectivity index (χ1v) is 8.55. The minimum Gasteiger partial charge on any atom is -0.378 e. The van der Waals surface area contributed by atoms with Crippen molar-refractivity contribution >= 4 is 5.69 Å². The van der Waals surface area contributed by atoms with E-state index in [-0.39, 0.29) is 0 Å². The van der Waals surface area contributed by atoms with Crippen molar-refractivity contribution in [2.24, 2.45) is 11.8 Å². The molecule has 0 spiro atoms. The summed E-state index contributed by atoms with van der Waals surface area (Å²) in [6.45, 7) is 4.77. The lowest BCUT2D eigenvalue weighted by Crippen LogP contribution is -2.36. The number of benzene rings is 1. The zero-order valence-electron chi connectivity index (χ0n) is 12.8. The Hall–Kier alpha value is -1.06. The van der Waals surface area contributed by atoms with Crippen molar-refractivity contribution in [1.82, 2.24) is 5.32 Å². The molecular formula is C18H26N2O. The first-order valence-electron chi connectivity index (χ1n) is 8.55. The average Bonchev–Trinajstić information content (AvgIpc) is 3.43. The van der Waals surface area contributed by atoms with Crippen LogP contribution in [-0.2, 0) is 11.3 Å². The van der Waals surface area contributed by atoms with Crippen LogP contribution in [0.1, 0.15) is 31.2 Å². The first-order chi connectivity index (χ1) is 10.4. The van der Waals surface area contributed by atoms with E-state index in [9.17, 15) is 0 Å². The van der Waals surface area contributed by atoms with Crippen LogP contribution >= 0.6 is 0 Å². The van der Waals surface area contributed by atoms with Crippen LogP contribution in [0.2, 0.25) is 0 Å². The molecule has 0 unspecified atom stereocenters. The van der Waals surface area contributed by atoms with Crippen molar-refractivity contribution in [3.05, 3.63) is 29.8 Å². The zero-order chi connectivity index (χ0) is 14.1. The molecule has 3 heteroatoms. The zero-order valence-corrected chi connectivity index (χ0v) is 12.8. The van der Waals surface area contributed by atoms with Gasteiger partial charge in [-0.15, -0.1) is 0 Å². The SMILES string of the molecule is c1cc(N2CCOCC2)ccc1CNC(C1CC1)C1CC1. The van der Waals surface area contributed by atoms with Gasteiger partial charge in [0.1, 0.15) is 0 Å². The number of morpholine rings is 1. The van der Waals surface area contributed by atoms with E-state index in [1.807, 2.05) is 0 Å². The van der Waals surface area contributed by atoms with E-state index in [0.29, 0.717) is 0 Å². The second-order valence-corrected chi connectivity index (χ2v) is 6.85.